The first-order chi connectivity index (χ1) is 9.32. The van der Waals surface area contributed by atoms with Gasteiger partial charge in [0.05, 0.1) is 16.3 Å². The number of nitro groups is 1. The van der Waals surface area contributed by atoms with Crippen LogP contribution < -0.4 is 0 Å². The molecule has 0 saturated heterocycles. The molecule has 8 heteroatoms. The van der Waals surface area contributed by atoms with Gasteiger partial charge in [-0.1, -0.05) is 0 Å². The standard InChI is InChI=1S/C12H12N4O4/c1-6-4-5-9(16(19)20)11(13-6)15-8(3)10(12(17)18)7(2)14-15/h4-5H,1-3H3,(H,17,18). The first kappa shape index (κ1) is 13.7. The third-order valence-electron chi connectivity index (χ3n) is 2.90. The second-order valence-electron chi connectivity index (χ2n) is 4.32. The van der Waals surface area contributed by atoms with Crippen LogP contribution in [0.3, 0.4) is 0 Å². The molecule has 2 aromatic heterocycles. The Balaban J connectivity index is 2.75. The Hall–Kier alpha value is -2.77. The van der Waals surface area contributed by atoms with Crippen molar-refractivity contribution in [1.29, 1.82) is 0 Å². The van der Waals surface area contributed by atoms with E-state index in [0.29, 0.717) is 11.4 Å². The molecule has 0 aromatic carbocycles. The van der Waals surface area contributed by atoms with E-state index in [1.54, 1.807) is 6.92 Å². The Labute approximate surface area is 113 Å². The number of pyridine rings is 1. The Bertz CT molecular complexity index is 720. The lowest BCUT2D eigenvalue weighted by Crippen LogP contribution is -2.08. The van der Waals surface area contributed by atoms with Crippen molar-refractivity contribution in [3.05, 3.63) is 44.9 Å². The van der Waals surface area contributed by atoms with Crippen LogP contribution in [-0.4, -0.2) is 30.8 Å². The van der Waals surface area contributed by atoms with Gasteiger partial charge in [0.25, 0.3) is 0 Å². The molecular weight excluding hydrogens is 264 g/mol. The van der Waals surface area contributed by atoms with Crippen LogP contribution in [0.2, 0.25) is 0 Å². The molecular formula is C12H12N4O4. The van der Waals surface area contributed by atoms with E-state index in [1.165, 1.54) is 30.7 Å². The van der Waals surface area contributed by atoms with Crippen LogP contribution in [-0.2, 0) is 0 Å². The Morgan fingerprint density at radius 1 is 1.35 bits per heavy atom. The number of carbonyl (C=O) groups is 1. The number of hydrogen-bond donors (Lipinski definition) is 1. The summed E-state index contributed by atoms with van der Waals surface area (Å²) in [5, 5.41) is 24.2. The van der Waals surface area contributed by atoms with Crippen LogP contribution >= 0.6 is 0 Å². The predicted molar refractivity (Wildman–Crippen MR) is 69.2 cm³/mol. The number of aromatic carboxylic acids is 1. The van der Waals surface area contributed by atoms with Gasteiger partial charge >= 0.3 is 11.7 Å². The Kier molecular flexibility index (Phi) is 3.23. The van der Waals surface area contributed by atoms with Gasteiger partial charge in [0.15, 0.2) is 0 Å². The second-order valence-corrected chi connectivity index (χ2v) is 4.32. The summed E-state index contributed by atoms with van der Waals surface area (Å²) < 4.78 is 1.20. The minimum Gasteiger partial charge on any atom is -0.478 e. The maximum absolute atomic E-state index is 11.2. The van der Waals surface area contributed by atoms with E-state index in [2.05, 4.69) is 10.1 Å². The Morgan fingerprint density at radius 2 is 2.00 bits per heavy atom. The SMILES string of the molecule is Cc1ccc([N+](=O)[O-])c(-n2nc(C)c(C(=O)O)c2C)n1. The van der Waals surface area contributed by atoms with Crippen LogP contribution in [0.4, 0.5) is 5.69 Å². The molecule has 0 bridgehead atoms. The smallest absolute Gasteiger partial charge is 0.339 e. The van der Waals surface area contributed by atoms with Crippen molar-refractivity contribution in [3.63, 3.8) is 0 Å². The highest BCUT2D eigenvalue weighted by Gasteiger charge is 2.24. The molecule has 2 rings (SSSR count). The maximum Gasteiger partial charge on any atom is 0.339 e. The van der Waals surface area contributed by atoms with Crippen LogP contribution in [0, 0.1) is 30.9 Å². The van der Waals surface area contributed by atoms with Crippen molar-refractivity contribution in [2.24, 2.45) is 0 Å². The molecule has 0 aliphatic heterocycles. The summed E-state index contributed by atoms with van der Waals surface area (Å²) in [6.45, 7) is 4.77. The van der Waals surface area contributed by atoms with Gasteiger partial charge in [0.1, 0.15) is 5.56 Å². The van der Waals surface area contributed by atoms with Crippen molar-refractivity contribution >= 4 is 11.7 Å². The van der Waals surface area contributed by atoms with Gasteiger partial charge in [-0.3, -0.25) is 10.1 Å². The highest BCUT2D eigenvalue weighted by molar-refractivity contribution is 5.90. The lowest BCUT2D eigenvalue weighted by atomic mass is 10.2. The van der Waals surface area contributed by atoms with E-state index < -0.39 is 10.9 Å². The molecule has 0 aliphatic rings. The summed E-state index contributed by atoms with van der Waals surface area (Å²) in [6, 6.07) is 2.85. The van der Waals surface area contributed by atoms with Gasteiger partial charge in [-0.15, -0.1) is 0 Å². The van der Waals surface area contributed by atoms with Crippen molar-refractivity contribution < 1.29 is 14.8 Å². The highest BCUT2D eigenvalue weighted by atomic mass is 16.6. The first-order valence-corrected chi connectivity index (χ1v) is 5.75. The fourth-order valence-corrected chi connectivity index (χ4v) is 1.99. The quantitative estimate of drug-likeness (QED) is 0.675. The molecule has 0 saturated carbocycles. The number of aromatic nitrogens is 3. The topological polar surface area (TPSA) is 111 Å². The average Bonchev–Trinajstić information content (AvgIpc) is 2.64. The summed E-state index contributed by atoms with van der Waals surface area (Å²) in [7, 11) is 0. The third-order valence-corrected chi connectivity index (χ3v) is 2.90. The normalized spacial score (nSPS) is 10.6. The lowest BCUT2D eigenvalue weighted by Gasteiger charge is -2.05. The van der Waals surface area contributed by atoms with Gasteiger partial charge in [-0.25, -0.2) is 14.5 Å². The molecule has 0 spiro atoms. The minimum atomic E-state index is -1.12. The largest absolute Gasteiger partial charge is 0.478 e. The summed E-state index contributed by atoms with van der Waals surface area (Å²) in [5.74, 6) is -1.11. The molecule has 0 aliphatic carbocycles. The molecule has 2 aromatic rings. The number of rotatable bonds is 3. The van der Waals surface area contributed by atoms with Crippen molar-refractivity contribution in [2.45, 2.75) is 20.8 Å². The summed E-state index contributed by atoms with van der Waals surface area (Å²) in [4.78, 5) is 25.8. The van der Waals surface area contributed by atoms with Gasteiger partial charge < -0.3 is 5.11 Å². The van der Waals surface area contributed by atoms with Gasteiger partial charge in [-0.05, 0) is 26.8 Å². The van der Waals surface area contributed by atoms with Crippen LogP contribution in [0.1, 0.15) is 27.4 Å². The molecule has 8 nitrogen and oxygen atoms in total. The van der Waals surface area contributed by atoms with E-state index in [1.807, 2.05) is 0 Å². The van der Waals surface area contributed by atoms with Crippen LogP contribution in [0.25, 0.3) is 5.82 Å². The second kappa shape index (κ2) is 4.72. The van der Waals surface area contributed by atoms with E-state index >= 15 is 0 Å². The lowest BCUT2D eigenvalue weighted by molar-refractivity contribution is -0.385. The van der Waals surface area contributed by atoms with Crippen LogP contribution in [0.5, 0.6) is 0 Å². The highest BCUT2D eigenvalue weighted by Crippen LogP contribution is 2.24. The number of nitrogens with zero attached hydrogens (tertiary/aromatic N) is 4. The van der Waals surface area contributed by atoms with E-state index in [9.17, 15) is 14.9 Å². The molecule has 0 unspecified atom stereocenters. The fourth-order valence-electron chi connectivity index (χ4n) is 1.99. The zero-order chi connectivity index (χ0) is 15.0. The molecule has 0 radical (unpaired) electrons. The molecule has 1 N–H and O–H groups in total. The average molecular weight is 276 g/mol. The molecule has 0 atom stereocenters. The van der Waals surface area contributed by atoms with Crippen LogP contribution in [0.15, 0.2) is 12.1 Å². The van der Waals surface area contributed by atoms with E-state index in [0.717, 1.165) is 0 Å². The third kappa shape index (κ3) is 2.11. The monoisotopic (exact) mass is 276 g/mol. The summed E-state index contributed by atoms with van der Waals surface area (Å²) >= 11 is 0. The summed E-state index contributed by atoms with van der Waals surface area (Å²) in [6.07, 6.45) is 0. The van der Waals surface area contributed by atoms with Crippen molar-refractivity contribution in [1.82, 2.24) is 14.8 Å². The van der Waals surface area contributed by atoms with Gasteiger partial charge in [0, 0.05) is 11.8 Å². The molecule has 0 fully saturated rings. The van der Waals surface area contributed by atoms with Gasteiger partial charge in [0.2, 0.25) is 5.82 Å². The maximum atomic E-state index is 11.2. The number of carboxylic acid groups (broad SMARTS) is 1. The number of aryl methyl sites for hydroxylation is 2. The first-order valence-electron chi connectivity index (χ1n) is 5.75. The fraction of sp³-hybridized carbons (Fsp3) is 0.250. The summed E-state index contributed by atoms with van der Waals surface area (Å²) in [5.41, 5.74) is 0.972. The molecule has 20 heavy (non-hydrogen) atoms. The minimum absolute atomic E-state index is 0.0168. The van der Waals surface area contributed by atoms with E-state index in [4.69, 9.17) is 5.11 Å². The Morgan fingerprint density at radius 3 is 2.50 bits per heavy atom. The van der Waals surface area contributed by atoms with E-state index in [-0.39, 0.29) is 22.8 Å². The van der Waals surface area contributed by atoms with Gasteiger partial charge in [-0.2, -0.15) is 5.10 Å². The predicted octanol–water partition coefficient (Wildman–Crippen LogP) is 1.80. The number of hydrogen-bond acceptors (Lipinski definition) is 5. The van der Waals surface area contributed by atoms with Crippen molar-refractivity contribution in [2.75, 3.05) is 0 Å². The number of carboxylic acids is 1. The molecule has 0 amide bonds. The zero-order valence-electron chi connectivity index (χ0n) is 11.1. The zero-order valence-corrected chi connectivity index (χ0v) is 11.1. The van der Waals surface area contributed by atoms with Crippen molar-refractivity contribution in [3.8, 4) is 5.82 Å². The molecule has 104 valence electrons. The molecule has 2 heterocycles.